The predicted molar refractivity (Wildman–Crippen MR) is 65.5 cm³/mol. The second-order valence-corrected chi connectivity index (χ2v) is 4.54. The summed E-state index contributed by atoms with van der Waals surface area (Å²) in [5, 5.41) is 15.1. The van der Waals surface area contributed by atoms with Crippen LogP contribution in [0, 0.1) is 5.92 Å². The molecule has 0 amide bonds. The standard InChI is InChI=1S/C11H23N5O/c1-10(2)8-12-9-11-13-14-15-16(11)6-4-5-7-17-3/h10,12H,4-9H2,1-3H3. The molecule has 0 aliphatic heterocycles. The predicted octanol–water partition coefficient (Wildman–Crippen LogP) is 0.845. The Labute approximate surface area is 103 Å². The summed E-state index contributed by atoms with van der Waals surface area (Å²) in [5.41, 5.74) is 0. The van der Waals surface area contributed by atoms with Crippen LogP contribution >= 0.6 is 0 Å². The highest BCUT2D eigenvalue weighted by Crippen LogP contribution is 1.98. The van der Waals surface area contributed by atoms with Crippen molar-refractivity contribution in [2.45, 2.75) is 39.8 Å². The zero-order valence-corrected chi connectivity index (χ0v) is 11.0. The van der Waals surface area contributed by atoms with Gasteiger partial charge in [-0.2, -0.15) is 0 Å². The van der Waals surface area contributed by atoms with E-state index in [0.29, 0.717) is 5.92 Å². The average Bonchev–Trinajstić information content (AvgIpc) is 2.72. The smallest absolute Gasteiger partial charge is 0.165 e. The number of nitrogens with one attached hydrogen (secondary N) is 1. The number of methoxy groups -OCH3 is 1. The maximum atomic E-state index is 5.01. The van der Waals surface area contributed by atoms with Crippen LogP contribution < -0.4 is 5.32 Å². The van der Waals surface area contributed by atoms with E-state index in [9.17, 15) is 0 Å². The van der Waals surface area contributed by atoms with Gasteiger partial charge in [-0.1, -0.05) is 13.8 Å². The first kappa shape index (κ1) is 14.1. The van der Waals surface area contributed by atoms with Crippen LogP contribution in [0.25, 0.3) is 0 Å². The second kappa shape index (κ2) is 8.14. The molecular formula is C11H23N5O. The molecule has 0 saturated heterocycles. The lowest BCUT2D eigenvalue weighted by atomic mass is 10.2. The number of unbranched alkanes of at least 4 members (excludes halogenated alkanes) is 1. The van der Waals surface area contributed by atoms with E-state index in [1.54, 1.807) is 7.11 Å². The van der Waals surface area contributed by atoms with E-state index in [2.05, 4.69) is 34.7 Å². The van der Waals surface area contributed by atoms with Crippen LogP contribution in [0.15, 0.2) is 0 Å². The van der Waals surface area contributed by atoms with E-state index in [0.717, 1.165) is 44.9 Å². The fourth-order valence-corrected chi connectivity index (χ4v) is 1.50. The van der Waals surface area contributed by atoms with E-state index < -0.39 is 0 Å². The SMILES string of the molecule is COCCCCn1nnnc1CNCC(C)C. The molecule has 1 aromatic heterocycles. The Morgan fingerprint density at radius 1 is 1.35 bits per heavy atom. The van der Waals surface area contributed by atoms with Crippen molar-refractivity contribution in [2.24, 2.45) is 5.92 Å². The summed E-state index contributed by atoms with van der Waals surface area (Å²) in [5.74, 6) is 1.55. The molecule has 0 fully saturated rings. The molecule has 0 unspecified atom stereocenters. The first-order valence-electron chi connectivity index (χ1n) is 6.18. The van der Waals surface area contributed by atoms with Gasteiger partial charge >= 0.3 is 0 Å². The molecule has 0 atom stereocenters. The Kier molecular flexibility index (Phi) is 6.73. The van der Waals surface area contributed by atoms with E-state index in [-0.39, 0.29) is 0 Å². The fraction of sp³-hybridized carbons (Fsp3) is 0.909. The summed E-state index contributed by atoms with van der Waals surface area (Å²) >= 11 is 0. The highest BCUT2D eigenvalue weighted by molar-refractivity contribution is 4.79. The van der Waals surface area contributed by atoms with E-state index in [1.807, 2.05) is 4.68 Å². The van der Waals surface area contributed by atoms with Gasteiger partial charge < -0.3 is 10.1 Å². The van der Waals surface area contributed by atoms with Crippen molar-refractivity contribution in [1.82, 2.24) is 25.5 Å². The molecule has 98 valence electrons. The lowest BCUT2D eigenvalue weighted by Crippen LogP contribution is -2.22. The zero-order valence-electron chi connectivity index (χ0n) is 11.0. The molecule has 0 bridgehead atoms. The largest absolute Gasteiger partial charge is 0.385 e. The molecule has 1 rings (SSSR count). The van der Waals surface area contributed by atoms with Gasteiger partial charge in [0.15, 0.2) is 5.82 Å². The number of tetrazole rings is 1. The van der Waals surface area contributed by atoms with Crippen molar-refractivity contribution in [3.8, 4) is 0 Å². The summed E-state index contributed by atoms with van der Waals surface area (Å²) in [4.78, 5) is 0. The third-order valence-corrected chi connectivity index (χ3v) is 2.41. The minimum atomic E-state index is 0.640. The molecule has 6 nitrogen and oxygen atoms in total. The number of nitrogens with zero attached hydrogens (tertiary/aromatic N) is 4. The number of hydrogen-bond donors (Lipinski definition) is 1. The molecular weight excluding hydrogens is 218 g/mol. The second-order valence-electron chi connectivity index (χ2n) is 4.54. The number of rotatable bonds is 9. The van der Waals surface area contributed by atoms with Crippen molar-refractivity contribution < 1.29 is 4.74 Å². The maximum Gasteiger partial charge on any atom is 0.165 e. The molecule has 0 aliphatic rings. The van der Waals surface area contributed by atoms with Gasteiger partial charge in [0.25, 0.3) is 0 Å². The van der Waals surface area contributed by atoms with Crippen LogP contribution in [0.2, 0.25) is 0 Å². The Hall–Kier alpha value is -1.01. The molecule has 0 aromatic carbocycles. The summed E-state index contributed by atoms with van der Waals surface area (Å²) in [6.07, 6.45) is 2.07. The molecule has 0 saturated carbocycles. The van der Waals surface area contributed by atoms with Crippen LogP contribution in [0.5, 0.6) is 0 Å². The van der Waals surface area contributed by atoms with E-state index in [4.69, 9.17) is 4.74 Å². The van der Waals surface area contributed by atoms with Gasteiger partial charge in [0.1, 0.15) is 0 Å². The normalized spacial score (nSPS) is 11.3. The Morgan fingerprint density at radius 2 is 2.18 bits per heavy atom. The number of aromatic nitrogens is 4. The molecule has 0 spiro atoms. The quantitative estimate of drug-likeness (QED) is 0.649. The average molecular weight is 241 g/mol. The molecule has 1 aromatic rings. The third-order valence-electron chi connectivity index (χ3n) is 2.41. The van der Waals surface area contributed by atoms with Crippen LogP contribution in [0.3, 0.4) is 0 Å². The van der Waals surface area contributed by atoms with Crippen LogP contribution in [-0.4, -0.2) is 40.5 Å². The molecule has 1 heterocycles. The van der Waals surface area contributed by atoms with Gasteiger partial charge in [-0.3, -0.25) is 0 Å². The van der Waals surface area contributed by atoms with Gasteiger partial charge in [-0.25, -0.2) is 4.68 Å². The number of aryl methyl sites for hydroxylation is 1. The Balaban J connectivity index is 2.27. The molecule has 1 N–H and O–H groups in total. The fourth-order valence-electron chi connectivity index (χ4n) is 1.50. The van der Waals surface area contributed by atoms with Crippen molar-refractivity contribution in [3.05, 3.63) is 5.82 Å². The first-order valence-corrected chi connectivity index (χ1v) is 6.18. The maximum absolute atomic E-state index is 5.01. The van der Waals surface area contributed by atoms with Gasteiger partial charge in [0.05, 0.1) is 6.54 Å². The molecule has 17 heavy (non-hydrogen) atoms. The molecule has 0 aliphatic carbocycles. The van der Waals surface area contributed by atoms with Crippen molar-refractivity contribution in [2.75, 3.05) is 20.3 Å². The monoisotopic (exact) mass is 241 g/mol. The van der Waals surface area contributed by atoms with Crippen molar-refractivity contribution in [1.29, 1.82) is 0 Å². The number of ether oxygens (including phenoxy) is 1. The first-order chi connectivity index (χ1) is 8.24. The highest BCUT2D eigenvalue weighted by atomic mass is 16.5. The van der Waals surface area contributed by atoms with Crippen LogP contribution in [-0.2, 0) is 17.8 Å². The highest BCUT2D eigenvalue weighted by Gasteiger charge is 2.05. The topological polar surface area (TPSA) is 64.9 Å². The van der Waals surface area contributed by atoms with Gasteiger partial charge in [-0.15, -0.1) is 5.10 Å². The lowest BCUT2D eigenvalue weighted by Gasteiger charge is -2.07. The third kappa shape index (κ3) is 5.74. The molecule has 0 radical (unpaired) electrons. The van der Waals surface area contributed by atoms with Gasteiger partial charge in [0, 0.05) is 20.3 Å². The number of hydrogen-bond acceptors (Lipinski definition) is 5. The summed E-state index contributed by atoms with van der Waals surface area (Å²) < 4.78 is 6.87. The Bertz CT molecular complexity index is 300. The lowest BCUT2D eigenvalue weighted by molar-refractivity contribution is 0.190. The van der Waals surface area contributed by atoms with Crippen molar-refractivity contribution >= 4 is 0 Å². The van der Waals surface area contributed by atoms with Gasteiger partial charge in [-0.05, 0) is 35.7 Å². The zero-order chi connectivity index (χ0) is 12.5. The summed E-state index contributed by atoms with van der Waals surface area (Å²) in [7, 11) is 1.72. The summed E-state index contributed by atoms with van der Waals surface area (Å²) in [6.45, 7) is 7.73. The Morgan fingerprint density at radius 3 is 2.88 bits per heavy atom. The summed E-state index contributed by atoms with van der Waals surface area (Å²) in [6, 6.07) is 0. The van der Waals surface area contributed by atoms with Crippen LogP contribution in [0.1, 0.15) is 32.5 Å². The van der Waals surface area contributed by atoms with Gasteiger partial charge in [0.2, 0.25) is 0 Å². The van der Waals surface area contributed by atoms with Crippen LogP contribution in [0.4, 0.5) is 0 Å². The van der Waals surface area contributed by atoms with E-state index in [1.165, 1.54) is 0 Å². The van der Waals surface area contributed by atoms with Crippen molar-refractivity contribution in [3.63, 3.8) is 0 Å². The molecule has 6 heteroatoms. The minimum absolute atomic E-state index is 0.640. The van der Waals surface area contributed by atoms with E-state index >= 15 is 0 Å². The minimum Gasteiger partial charge on any atom is -0.385 e.